The maximum atomic E-state index is 4.26. The van der Waals surface area contributed by atoms with Gasteiger partial charge in [-0.25, -0.2) is 9.97 Å². The molecule has 1 N–H and O–H groups in total. The molecule has 1 atom stereocenters. The molecule has 0 aliphatic carbocycles. The highest BCUT2D eigenvalue weighted by Crippen LogP contribution is 2.21. The van der Waals surface area contributed by atoms with Crippen LogP contribution in [0.4, 0.5) is 5.95 Å². The summed E-state index contributed by atoms with van der Waals surface area (Å²) in [5.41, 5.74) is 2.52. The molecule has 21 heavy (non-hydrogen) atoms. The predicted octanol–water partition coefficient (Wildman–Crippen LogP) is 3.87. The van der Waals surface area contributed by atoms with Crippen molar-refractivity contribution >= 4 is 5.95 Å². The lowest BCUT2D eigenvalue weighted by atomic mass is 9.99. The van der Waals surface area contributed by atoms with Crippen molar-refractivity contribution in [2.45, 2.75) is 12.5 Å². The standard InChI is InChI=1S/C18H17N3/c1-3-8-15(9-4-1)14-17(16-10-5-2-6-11-16)21-18-19-12-7-13-20-18/h1-13,17H,14H2,(H,19,20,21). The summed E-state index contributed by atoms with van der Waals surface area (Å²) in [6.07, 6.45) is 4.39. The summed E-state index contributed by atoms with van der Waals surface area (Å²) >= 11 is 0. The van der Waals surface area contributed by atoms with Gasteiger partial charge < -0.3 is 5.32 Å². The molecule has 1 heterocycles. The number of aromatic nitrogens is 2. The topological polar surface area (TPSA) is 37.8 Å². The second-order valence-electron chi connectivity index (χ2n) is 4.87. The lowest BCUT2D eigenvalue weighted by Crippen LogP contribution is -2.15. The van der Waals surface area contributed by atoms with Gasteiger partial charge in [0.05, 0.1) is 6.04 Å². The number of hydrogen-bond acceptors (Lipinski definition) is 3. The second kappa shape index (κ2) is 6.66. The Kier molecular flexibility index (Phi) is 4.22. The van der Waals surface area contributed by atoms with Gasteiger partial charge in [0, 0.05) is 12.4 Å². The van der Waals surface area contributed by atoms with Crippen LogP contribution in [0, 0.1) is 0 Å². The lowest BCUT2D eigenvalue weighted by molar-refractivity contribution is 0.762. The van der Waals surface area contributed by atoms with E-state index in [1.54, 1.807) is 12.4 Å². The van der Waals surface area contributed by atoms with E-state index in [4.69, 9.17) is 0 Å². The van der Waals surface area contributed by atoms with Gasteiger partial charge in [0.1, 0.15) is 0 Å². The normalized spacial score (nSPS) is 11.8. The molecule has 1 unspecified atom stereocenters. The van der Waals surface area contributed by atoms with Crippen LogP contribution in [-0.2, 0) is 6.42 Å². The number of nitrogens with zero attached hydrogens (tertiary/aromatic N) is 2. The maximum absolute atomic E-state index is 4.26. The highest BCUT2D eigenvalue weighted by Gasteiger charge is 2.13. The van der Waals surface area contributed by atoms with Crippen LogP contribution < -0.4 is 5.32 Å². The van der Waals surface area contributed by atoms with Crippen molar-refractivity contribution in [3.05, 3.63) is 90.3 Å². The molecule has 0 amide bonds. The Hall–Kier alpha value is -2.68. The van der Waals surface area contributed by atoms with Crippen LogP contribution in [-0.4, -0.2) is 9.97 Å². The molecule has 0 aliphatic heterocycles. The van der Waals surface area contributed by atoms with E-state index < -0.39 is 0 Å². The minimum absolute atomic E-state index is 0.149. The van der Waals surface area contributed by atoms with Gasteiger partial charge in [-0.2, -0.15) is 0 Å². The molecule has 0 aliphatic rings. The minimum atomic E-state index is 0.149. The van der Waals surface area contributed by atoms with Crippen LogP contribution in [0.3, 0.4) is 0 Å². The Morgan fingerprint density at radius 1 is 0.762 bits per heavy atom. The number of benzene rings is 2. The molecule has 104 valence electrons. The van der Waals surface area contributed by atoms with Crippen molar-refractivity contribution in [2.24, 2.45) is 0 Å². The van der Waals surface area contributed by atoms with Crippen LogP contribution in [0.2, 0.25) is 0 Å². The molecule has 3 aromatic rings. The Labute approximate surface area is 124 Å². The summed E-state index contributed by atoms with van der Waals surface area (Å²) in [7, 11) is 0. The molecule has 3 nitrogen and oxygen atoms in total. The fourth-order valence-electron chi connectivity index (χ4n) is 2.32. The zero-order valence-corrected chi connectivity index (χ0v) is 11.7. The van der Waals surface area contributed by atoms with E-state index in [2.05, 4.69) is 63.8 Å². The first-order chi connectivity index (χ1) is 10.4. The zero-order valence-electron chi connectivity index (χ0n) is 11.7. The molecule has 3 heteroatoms. The van der Waals surface area contributed by atoms with Crippen LogP contribution in [0.1, 0.15) is 17.2 Å². The SMILES string of the molecule is c1ccc(CC(Nc2ncccn2)c2ccccc2)cc1. The van der Waals surface area contributed by atoms with E-state index in [0.29, 0.717) is 5.95 Å². The van der Waals surface area contributed by atoms with Crippen molar-refractivity contribution in [3.8, 4) is 0 Å². The summed E-state index contributed by atoms with van der Waals surface area (Å²) in [5, 5.41) is 3.42. The summed E-state index contributed by atoms with van der Waals surface area (Å²) in [5.74, 6) is 0.655. The first-order valence-electron chi connectivity index (χ1n) is 7.04. The largest absolute Gasteiger partial charge is 0.347 e. The van der Waals surface area contributed by atoms with Crippen molar-refractivity contribution in [3.63, 3.8) is 0 Å². The Balaban J connectivity index is 1.84. The number of nitrogens with one attached hydrogen (secondary N) is 1. The van der Waals surface area contributed by atoms with E-state index in [9.17, 15) is 0 Å². The lowest BCUT2D eigenvalue weighted by Gasteiger charge is -2.19. The van der Waals surface area contributed by atoms with E-state index in [-0.39, 0.29) is 6.04 Å². The fraction of sp³-hybridized carbons (Fsp3) is 0.111. The van der Waals surface area contributed by atoms with Crippen molar-refractivity contribution in [1.29, 1.82) is 0 Å². The molecule has 0 bridgehead atoms. The average Bonchev–Trinajstić information content (AvgIpc) is 2.57. The molecule has 2 aromatic carbocycles. The molecular formula is C18H17N3. The summed E-state index contributed by atoms with van der Waals surface area (Å²) in [4.78, 5) is 8.53. The summed E-state index contributed by atoms with van der Waals surface area (Å²) in [6.45, 7) is 0. The molecule has 0 saturated carbocycles. The fourth-order valence-corrected chi connectivity index (χ4v) is 2.32. The molecular weight excluding hydrogens is 258 g/mol. The average molecular weight is 275 g/mol. The Bertz CT molecular complexity index is 612. The highest BCUT2D eigenvalue weighted by molar-refractivity contribution is 5.33. The third-order valence-corrected chi connectivity index (χ3v) is 3.35. The number of rotatable bonds is 5. The summed E-state index contributed by atoms with van der Waals surface area (Å²) < 4.78 is 0. The summed E-state index contributed by atoms with van der Waals surface area (Å²) in [6, 6.07) is 22.8. The first kappa shape index (κ1) is 13.3. The van der Waals surface area contributed by atoms with Crippen LogP contribution in [0.5, 0.6) is 0 Å². The quantitative estimate of drug-likeness (QED) is 0.768. The molecule has 0 saturated heterocycles. The van der Waals surface area contributed by atoms with E-state index in [1.165, 1.54) is 11.1 Å². The van der Waals surface area contributed by atoms with Crippen LogP contribution in [0.25, 0.3) is 0 Å². The third-order valence-electron chi connectivity index (χ3n) is 3.35. The highest BCUT2D eigenvalue weighted by atomic mass is 15.1. The molecule has 0 spiro atoms. The second-order valence-corrected chi connectivity index (χ2v) is 4.87. The number of hydrogen-bond donors (Lipinski definition) is 1. The molecule has 0 radical (unpaired) electrons. The maximum Gasteiger partial charge on any atom is 0.223 e. The van der Waals surface area contributed by atoms with E-state index in [0.717, 1.165) is 6.42 Å². The Morgan fingerprint density at radius 2 is 1.38 bits per heavy atom. The Morgan fingerprint density at radius 3 is 2.05 bits per heavy atom. The smallest absolute Gasteiger partial charge is 0.223 e. The van der Waals surface area contributed by atoms with Crippen molar-refractivity contribution < 1.29 is 0 Å². The third kappa shape index (κ3) is 3.66. The van der Waals surface area contributed by atoms with Gasteiger partial charge in [0.15, 0.2) is 0 Å². The monoisotopic (exact) mass is 275 g/mol. The minimum Gasteiger partial charge on any atom is -0.347 e. The van der Waals surface area contributed by atoms with Gasteiger partial charge in [-0.3, -0.25) is 0 Å². The van der Waals surface area contributed by atoms with Gasteiger partial charge in [0.25, 0.3) is 0 Å². The van der Waals surface area contributed by atoms with Crippen molar-refractivity contribution in [1.82, 2.24) is 9.97 Å². The van der Waals surface area contributed by atoms with E-state index in [1.807, 2.05) is 18.2 Å². The van der Waals surface area contributed by atoms with Crippen LogP contribution >= 0.6 is 0 Å². The van der Waals surface area contributed by atoms with Crippen molar-refractivity contribution in [2.75, 3.05) is 5.32 Å². The number of anilines is 1. The molecule has 1 aromatic heterocycles. The first-order valence-corrected chi connectivity index (χ1v) is 7.04. The molecule has 3 rings (SSSR count). The van der Waals surface area contributed by atoms with E-state index >= 15 is 0 Å². The van der Waals surface area contributed by atoms with Gasteiger partial charge in [0.2, 0.25) is 5.95 Å². The van der Waals surface area contributed by atoms with Gasteiger partial charge in [-0.05, 0) is 23.6 Å². The van der Waals surface area contributed by atoms with Crippen LogP contribution in [0.15, 0.2) is 79.1 Å². The van der Waals surface area contributed by atoms with Gasteiger partial charge in [-0.15, -0.1) is 0 Å². The predicted molar refractivity (Wildman–Crippen MR) is 85.0 cm³/mol. The zero-order chi connectivity index (χ0) is 14.3. The van der Waals surface area contributed by atoms with Gasteiger partial charge in [-0.1, -0.05) is 60.7 Å². The van der Waals surface area contributed by atoms with Gasteiger partial charge >= 0.3 is 0 Å². The molecule has 0 fully saturated rings.